The Bertz CT molecular complexity index is 322. The van der Waals surface area contributed by atoms with E-state index >= 15 is 0 Å². The number of amides is 1. The molecule has 26 heavy (non-hydrogen) atoms. The molecule has 0 aromatic rings. The van der Waals surface area contributed by atoms with Crippen molar-refractivity contribution in [1.29, 1.82) is 0 Å². The van der Waals surface area contributed by atoms with Crippen molar-refractivity contribution < 1.29 is 9.59 Å². The molecule has 0 saturated carbocycles. The van der Waals surface area contributed by atoms with Gasteiger partial charge in [-0.3, -0.25) is 9.59 Å². The SMILES string of the molecule is CCCN(CCN)CCC(=O)CCCNC(=O)CCN(CCN)CCN. The van der Waals surface area contributed by atoms with Gasteiger partial charge in [-0.05, 0) is 19.4 Å². The third kappa shape index (κ3) is 14.1. The third-order valence-electron chi connectivity index (χ3n) is 4.19. The minimum Gasteiger partial charge on any atom is -0.356 e. The molecule has 154 valence electrons. The van der Waals surface area contributed by atoms with Crippen LogP contribution in [0.4, 0.5) is 0 Å². The highest BCUT2D eigenvalue weighted by molar-refractivity contribution is 5.79. The first-order chi connectivity index (χ1) is 12.6. The van der Waals surface area contributed by atoms with Gasteiger partial charge in [-0.15, -0.1) is 0 Å². The third-order valence-corrected chi connectivity index (χ3v) is 4.19. The zero-order valence-electron chi connectivity index (χ0n) is 16.5. The lowest BCUT2D eigenvalue weighted by Crippen LogP contribution is -2.37. The molecule has 0 aliphatic rings. The van der Waals surface area contributed by atoms with Crippen LogP contribution < -0.4 is 22.5 Å². The first-order valence-electron chi connectivity index (χ1n) is 9.90. The van der Waals surface area contributed by atoms with Gasteiger partial charge in [0.05, 0.1) is 0 Å². The number of hydrogen-bond acceptors (Lipinski definition) is 7. The number of nitrogens with zero attached hydrogens (tertiary/aromatic N) is 2. The molecular weight excluding hydrogens is 332 g/mol. The largest absolute Gasteiger partial charge is 0.356 e. The maximum Gasteiger partial charge on any atom is 0.221 e. The Hall–Kier alpha value is -1.06. The van der Waals surface area contributed by atoms with E-state index in [2.05, 4.69) is 22.0 Å². The van der Waals surface area contributed by atoms with Gasteiger partial charge in [0.15, 0.2) is 0 Å². The number of nitrogens with one attached hydrogen (secondary N) is 1. The summed E-state index contributed by atoms with van der Waals surface area (Å²) in [6, 6.07) is 0. The molecule has 0 aromatic carbocycles. The molecule has 0 bridgehead atoms. The van der Waals surface area contributed by atoms with Gasteiger partial charge in [0, 0.05) is 78.2 Å². The van der Waals surface area contributed by atoms with Gasteiger partial charge in [0.25, 0.3) is 0 Å². The van der Waals surface area contributed by atoms with Crippen LogP contribution in [-0.4, -0.2) is 86.9 Å². The van der Waals surface area contributed by atoms with E-state index in [1.165, 1.54) is 0 Å². The van der Waals surface area contributed by atoms with Gasteiger partial charge in [-0.1, -0.05) is 6.92 Å². The molecule has 0 radical (unpaired) electrons. The summed E-state index contributed by atoms with van der Waals surface area (Å²) in [5, 5.41) is 2.88. The highest BCUT2D eigenvalue weighted by Crippen LogP contribution is 1.99. The molecule has 0 fully saturated rings. The van der Waals surface area contributed by atoms with Gasteiger partial charge < -0.3 is 32.3 Å². The molecule has 0 aliphatic carbocycles. The zero-order valence-corrected chi connectivity index (χ0v) is 16.5. The van der Waals surface area contributed by atoms with E-state index in [9.17, 15) is 9.59 Å². The van der Waals surface area contributed by atoms with E-state index in [1.54, 1.807) is 0 Å². The Morgan fingerprint density at radius 3 is 1.85 bits per heavy atom. The summed E-state index contributed by atoms with van der Waals surface area (Å²) >= 11 is 0. The number of nitrogens with two attached hydrogens (primary N) is 3. The Morgan fingerprint density at radius 1 is 0.769 bits per heavy atom. The van der Waals surface area contributed by atoms with Crippen molar-refractivity contribution in [2.45, 2.75) is 39.0 Å². The lowest BCUT2D eigenvalue weighted by Gasteiger charge is -2.20. The fourth-order valence-electron chi connectivity index (χ4n) is 2.80. The van der Waals surface area contributed by atoms with Crippen LogP contribution in [0.1, 0.15) is 39.0 Å². The molecule has 7 N–H and O–H groups in total. The Labute approximate surface area is 158 Å². The highest BCUT2D eigenvalue weighted by atomic mass is 16.1. The predicted octanol–water partition coefficient (Wildman–Crippen LogP) is -0.878. The lowest BCUT2D eigenvalue weighted by molar-refractivity contribution is -0.122. The van der Waals surface area contributed by atoms with E-state index in [0.717, 1.165) is 39.1 Å². The number of hydrogen-bond donors (Lipinski definition) is 4. The van der Waals surface area contributed by atoms with Crippen molar-refractivity contribution >= 4 is 11.7 Å². The van der Waals surface area contributed by atoms with Gasteiger partial charge in [0.2, 0.25) is 5.91 Å². The molecule has 0 spiro atoms. The first kappa shape index (κ1) is 24.9. The Balaban J connectivity index is 3.79. The molecule has 0 atom stereocenters. The minimum absolute atomic E-state index is 0.00792. The van der Waals surface area contributed by atoms with Crippen molar-refractivity contribution in [3.8, 4) is 0 Å². The molecule has 0 aliphatic heterocycles. The van der Waals surface area contributed by atoms with E-state index in [4.69, 9.17) is 17.2 Å². The number of rotatable bonds is 18. The minimum atomic E-state index is 0.00792. The number of ketones is 1. The molecule has 8 nitrogen and oxygen atoms in total. The summed E-state index contributed by atoms with van der Waals surface area (Å²) in [7, 11) is 0. The molecule has 0 unspecified atom stereocenters. The van der Waals surface area contributed by atoms with Crippen LogP contribution in [0.25, 0.3) is 0 Å². The molecule has 0 saturated heterocycles. The molecule has 0 aromatic heterocycles. The standard InChI is InChI=1S/C18H40N6O2/c1-2-11-23(14-7-19)12-5-17(25)4-3-10-22-18(26)6-13-24(15-8-20)16-9-21/h2-16,19-21H2,1H3,(H,22,26). The molecule has 8 heteroatoms. The van der Waals surface area contributed by atoms with Gasteiger partial charge >= 0.3 is 0 Å². The highest BCUT2D eigenvalue weighted by Gasteiger charge is 2.09. The number of Topliss-reactive ketones (excluding diaryl/α,β-unsaturated/α-hetero) is 1. The summed E-state index contributed by atoms with van der Waals surface area (Å²) in [5.41, 5.74) is 16.7. The Morgan fingerprint density at radius 2 is 1.31 bits per heavy atom. The van der Waals surface area contributed by atoms with E-state index in [0.29, 0.717) is 58.4 Å². The second-order valence-corrected chi connectivity index (χ2v) is 6.54. The summed E-state index contributed by atoms with van der Waals surface area (Å²) in [4.78, 5) is 28.1. The molecule has 0 rings (SSSR count). The lowest BCUT2D eigenvalue weighted by atomic mass is 10.1. The fourth-order valence-corrected chi connectivity index (χ4v) is 2.80. The fraction of sp³-hybridized carbons (Fsp3) is 0.889. The topological polar surface area (TPSA) is 131 Å². The summed E-state index contributed by atoms with van der Waals surface area (Å²) < 4.78 is 0. The summed E-state index contributed by atoms with van der Waals surface area (Å²) in [5.74, 6) is 0.253. The maximum absolute atomic E-state index is 12.0. The average Bonchev–Trinajstić information content (AvgIpc) is 2.62. The van der Waals surface area contributed by atoms with Crippen LogP contribution >= 0.6 is 0 Å². The Kier molecular flexibility index (Phi) is 16.7. The van der Waals surface area contributed by atoms with Crippen molar-refractivity contribution in [3.05, 3.63) is 0 Å². The second kappa shape index (κ2) is 17.4. The van der Waals surface area contributed by atoms with Crippen molar-refractivity contribution in [2.75, 3.05) is 65.4 Å². The predicted molar refractivity (Wildman–Crippen MR) is 107 cm³/mol. The quantitative estimate of drug-likeness (QED) is 0.230. The smallest absolute Gasteiger partial charge is 0.221 e. The van der Waals surface area contributed by atoms with E-state index < -0.39 is 0 Å². The molecular formula is C18H40N6O2. The molecule has 0 heterocycles. The van der Waals surface area contributed by atoms with Crippen LogP contribution in [-0.2, 0) is 9.59 Å². The van der Waals surface area contributed by atoms with Gasteiger partial charge in [-0.25, -0.2) is 0 Å². The second-order valence-electron chi connectivity index (χ2n) is 6.54. The van der Waals surface area contributed by atoms with Crippen LogP contribution in [0.3, 0.4) is 0 Å². The van der Waals surface area contributed by atoms with Crippen molar-refractivity contribution in [3.63, 3.8) is 0 Å². The average molecular weight is 373 g/mol. The van der Waals surface area contributed by atoms with Crippen LogP contribution in [0, 0.1) is 0 Å². The summed E-state index contributed by atoms with van der Waals surface area (Å²) in [6.45, 7) is 9.15. The van der Waals surface area contributed by atoms with Crippen molar-refractivity contribution in [2.24, 2.45) is 17.2 Å². The monoisotopic (exact) mass is 372 g/mol. The number of carbonyl (C=O) groups is 2. The van der Waals surface area contributed by atoms with Crippen LogP contribution in [0.2, 0.25) is 0 Å². The maximum atomic E-state index is 12.0. The van der Waals surface area contributed by atoms with E-state index in [1.807, 2.05) is 0 Å². The van der Waals surface area contributed by atoms with Gasteiger partial charge in [-0.2, -0.15) is 0 Å². The zero-order chi connectivity index (χ0) is 19.6. The first-order valence-corrected chi connectivity index (χ1v) is 9.90. The summed E-state index contributed by atoms with van der Waals surface area (Å²) in [6.07, 6.45) is 3.24. The van der Waals surface area contributed by atoms with Crippen LogP contribution in [0.5, 0.6) is 0 Å². The van der Waals surface area contributed by atoms with E-state index in [-0.39, 0.29) is 11.7 Å². The van der Waals surface area contributed by atoms with Gasteiger partial charge in [0.1, 0.15) is 5.78 Å². The normalized spacial score (nSPS) is 11.3. The molecule has 1 amide bonds. The van der Waals surface area contributed by atoms with Crippen molar-refractivity contribution in [1.82, 2.24) is 15.1 Å². The number of carbonyl (C=O) groups excluding carboxylic acids is 2. The van der Waals surface area contributed by atoms with Crippen LogP contribution in [0.15, 0.2) is 0 Å².